The molecule has 1 fully saturated rings. The Hall–Kier alpha value is -2.76. The van der Waals surface area contributed by atoms with Crippen molar-refractivity contribution in [2.75, 3.05) is 33.3 Å². The van der Waals surface area contributed by atoms with E-state index in [2.05, 4.69) is 15.2 Å². The van der Waals surface area contributed by atoms with Crippen molar-refractivity contribution in [3.63, 3.8) is 0 Å². The van der Waals surface area contributed by atoms with Crippen LogP contribution in [0.15, 0.2) is 23.0 Å². The average molecular weight is 465 g/mol. The maximum atomic E-state index is 12.7. The monoisotopic (exact) mass is 464 g/mol. The van der Waals surface area contributed by atoms with Crippen LogP contribution in [0.3, 0.4) is 0 Å². The van der Waals surface area contributed by atoms with Crippen LogP contribution in [-0.4, -0.2) is 66.2 Å². The molecule has 0 bridgehead atoms. The number of amides is 1. The molecule has 3 rings (SSSR count). The topological polar surface area (TPSA) is 116 Å². The Balaban J connectivity index is 1.62. The van der Waals surface area contributed by atoms with E-state index in [9.17, 15) is 14.9 Å². The highest BCUT2D eigenvalue weighted by Gasteiger charge is 2.25. The zero-order chi connectivity index (χ0) is 23.1. The number of carbonyl (C=O) groups excluding carboxylic acids is 1. The van der Waals surface area contributed by atoms with Gasteiger partial charge in [0.05, 0.1) is 41.5 Å². The second-order valence-electron chi connectivity index (χ2n) is 7.67. The van der Waals surface area contributed by atoms with Crippen LogP contribution < -0.4 is 14.8 Å². The molecule has 2 aromatic rings. The fraction of sp³-hybridized carbons (Fsp3) is 0.524. The summed E-state index contributed by atoms with van der Waals surface area (Å²) < 4.78 is 16.7. The number of ether oxygens (including phenoxy) is 3. The number of nitro benzene ring substituents is 1. The molecule has 1 aromatic heterocycles. The number of aromatic nitrogens is 1. The van der Waals surface area contributed by atoms with Crippen molar-refractivity contribution in [1.82, 2.24) is 15.2 Å². The van der Waals surface area contributed by atoms with Gasteiger partial charge in [0.15, 0.2) is 11.5 Å². The Bertz CT molecular complexity index is 913. The number of nitrogens with one attached hydrogen (secondary N) is 1. The minimum absolute atomic E-state index is 0.0681. The summed E-state index contributed by atoms with van der Waals surface area (Å²) in [6, 6.07) is 2.56. The van der Waals surface area contributed by atoms with Crippen molar-refractivity contribution in [3.05, 3.63) is 44.4 Å². The fourth-order valence-corrected chi connectivity index (χ4v) is 4.22. The van der Waals surface area contributed by atoms with Gasteiger partial charge >= 0.3 is 0 Å². The molecule has 1 saturated heterocycles. The highest BCUT2D eigenvalue weighted by molar-refractivity contribution is 7.07. The summed E-state index contributed by atoms with van der Waals surface area (Å²) in [7, 11) is 1.42. The molecule has 174 valence electrons. The van der Waals surface area contributed by atoms with Crippen molar-refractivity contribution in [2.24, 2.45) is 0 Å². The Morgan fingerprint density at radius 2 is 2.09 bits per heavy atom. The predicted octanol–water partition coefficient (Wildman–Crippen LogP) is 2.87. The minimum Gasteiger partial charge on any atom is -0.493 e. The first-order chi connectivity index (χ1) is 15.4. The van der Waals surface area contributed by atoms with E-state index < -0.39 is 10.8 Å². The second kappa shape index (κ2) is 11.2. The van der Waals surface area contributed by atoms with E-state index in [1.54, 1.807) is 5.51 Å². The van der Waals surface area contributed by atoms with Crippen LogP contribution >= 0.6 is 11.3 Å². The van der Waals surface area contributed by atoms with Gasteiger partial charge in [0.2, 0.25) is 0 Å². The summed E-state index contributed by atoms with van der Waals surface area (Å²) in [6.45, 7) is 7.14. The highest BCUT2D eigenvalue weighted by Crippen LogP contribution is 2.35. The number of benzene rings is 1. The molecule has 2 unspecified atom stereocenters. The summed E-state index contributed by atoms with van der Waals surface area (Å²) in [4.78, 5) is 30.1. The molecule has 1 aliphatic heterocycles. The molecule has 0 aliphatic carbocycles. The third-order valence-corrected chi connectivity index (χ3v) is 5.65. The van der Waals surface area contributed by atoms with Gasteiger partial charge in [-0.2, -0.15) is 0 Å². The lowest BCUT2D eigenvalue weighted by Gasteiger charge is -2.35. The summed E-state index contributed by atoms with van der Waals surface area (Å²) in [5.74, 6) is -0.101. The molecule has 1 aromatic carbocycles. The van der Waals surface area contributed by atoms with Gasteiger partial charge in [-0.05, 0) is 20.3 Å². The van der Waals surface area contributed by atoms with E-state index in [4.69, 9.17) is 14.2 Å². The first-order valence-electron chi connectivity index (χ1n) is 10.4. The maximum absolute atomic E-state index is 12.7. The molecule has 10 nitrogen and oxygen atoms in total. The van der Waals surface area contributed by atoms with Crippen molar-refractivity contribution >= 4 is 22.9 Å². The first kappa shape index (κ1) is 23.9. The van der Waals surface area contributed by atoms with Gasteiger partial charge in [-0.25, -0.2) is 4.98 Å². The summed E-state index contributed by atoms with van der Waals surface area (Å²) in [5, 5.41) is 16.2. The fourth-order valence-electron chi connectivity index (χ4n) is 3.68. The van der Waals surface area contributed by atoms with Crippen molar-refractivity contribution in [1.29, 1.82) is 0 Å². The summed E-state index contributed by atoms with van der Waals surface area (Å²) >= 11 is 1.42. The van der Waals surface area contributed by atoms with E-state index in [-0.39, 0.29) is 41.6 Å². The van der Waals surface area contributed by atoms with Crippen LogP contribution in [0.4, 0.5) is 5.69 Å². The largest absolute Gasteiger partial charge is 0.493 e. The van der Waals surface area contributed by atoms with E-state index in [1.165, 1.54) is 30.6 Å². The molecule has 32 heavy (non-hydrogen) atoms. The Kier molecular flexibility index (Phi) is 8.37. The quantitative estimate of drug-likeness (QED) is 0.324. The van der Waals surface area contributed by atoms with E-state index in [0.29, 0.717) is 12.2 Å². The molecule has 0 saturated carbocycles. The van der Waals surface area contributed by atoms with Gasteiger partial charge in [0.1, 0.15) is 12.2 Å². The summed E-state index contributed by atoms with van der Waals surface area (Å²) in [5.41, 5.74) is 1.96. The third-order valence-electron chi connectivity index (χ3n) is 5.01. The average Bonchev–Trinajstić information content (AvgIpc) is 3.27. The number of hydrogen-bond donors (Lipinski definition) is 1. The molecule has 11 heteroatoms. The second-order valence-corrected chi connectivity index (χ2v) is 8.39. The van der Waals surface area contributed by atoms with Crippen LogP contribution in [0, 0.1) is 10.1 Å². The lowest BCUT2D eigenvalue weighted by Crippen LogP contribution is -2.46. The normalized spacial score (nSPS) is 18.8. The zero-order valence-electron chi connectivity index (χ0n) is 18.4. The smallest absolute Gasteiger partial charge is 0.286 e. The molecule has 1 aliphatic rings. The van der Waals surface area contributed by atoms with Crippen LogP contribution in [0.2, 0.25) is 0 Å². The Morgan fingerprint density at radius 3 is 2.72 bits per heavy atom. The predicted molar refractivity (Wildman–Crippen MR) is 119 cm³/mol. The molecule has 1 N–H and O–H groups in total. The molecule has 0 spiro atoms. The highest BCUT2D eigenvalue weighted by atomic mass is 32.1. The van der Waals surface area contributed by atoms with Gasteiger partial charge in [0.25, 0.3) is 11.6 Å². The molecule has 2 heterocycles. The van der Waals surface area contributed by atoms with Crippen LogP contribution in [-0.2, 0) is 11.3 Å². The van der Waals surface area contributed by atoms with Crippen LogP contribution in [0.5, 0.6) is 11.5 Å². The maximum Gasteiger partial charge on any atom is 0.286 e. The molecule has 0 radical (unpaired) electrons. The molecule has 2 atom stereocenters. The number of morpholine rings is 1. The van der Waals surface area contributed by atoms with Crippen molar-refractivity contribution < 1.29 is 23.9 Å². The lowest BCUT2D eigenvalue weighted by atomic mass is 10.1. The number of hydrogen-bond acceptors (Lipinski definition) is 9. The first-order valence-corrected chi connectivity index (χ1v) is 11.3. The lowest BCUT2D eigenvalue weighted by molar-refractivity contribution is -0.385. The number of carbonyl (C=O) groups is 1. The van der Waals surface area contributed by atoms with Crippen LogP contribution in [0.1, 0.15) is 36.3 Å². The number of thiazole rings is 1. The SMILES string of the molecule is COc1cc(C(=O)NCCCN2CC(C)OC(C)C2)c([N+](=O)[O-])cc1OCc1cscn1. The molecular formula is C21H28N4O6S. The van der Waals surface area contributed by atoms with Crippen molar-refractivity contribution in [3.8, 4) is 11.5 Å². The van der Waals surface area contributed by atoms with Gasteiger partial charge < -0.3 is 19.5 Å². The zero-order valence-corrected chi connectivity index (χ0v) is 19.2. The standard InChI is InChI=1S/C21H28N4O6S/c1-14-9-24(10-15(2)31-14)6-4-5-22-21(26)17-7-19(29-3)20(8-18(17)25(27)28)30-11-16-12-32-13-23-16/h7-8,12-15H,4-6,9-11H2,1-3H3,(H,22,26). The number of nitrogens with zero attached hydrogens (tertiary/aromatic N) is 3. The van der Waals surface area contributed by atoms with E-state index in [1.807, 2.05) is 19.2 Å². The van der Waals surface area contributed by atoms with Gasteiger partial charge in [-0.15, -0.1) is 11.3 Å². The van der Waals surface area contributed by atoms with E-state index in [0.717, 1.165) is 26.1 Å². The van der Waals surface area contributed by atoms with Gasteiger partial charge in [-0.1, -0.05) is 0 Å². The number of nitro groups is 1. The van der Waals surface area contributed by atoms with Crippen LogP contribution in [0.25, 0.3) is 0 Å². The summed E-state index contributed by atoms with van der Waals surface area (Å²) in [6.07, 6.45) is 1.09. The van der Waals surface area contributed by atoms with Crippen molar-refractivity contribution in [2.45, 2.75) is 39.1 Å². The van der Waals surface area contributed by atoms with Gasteiger partial charge in [-0.3, -0.25) is 19.8 Å². The third kappa shape index (κ3) is 6.38. The number of methoxy groups -OCH3 is 1. The van der Waals surface area contributed by atoms with Gasteiger partial charge in [0, 0.05) is 37.6 Å². The minimum atomic E-state index is -0.597. The molecular weight excluding hydrogens is 436 g/mol. The molecule has 1 amide bonds. The Labute approximate surface area is 190 Å². The Morgan fingerprint density at radius 1 is 1.34 bits per heavy atom. The number of rotatable bonds is 10. The van der Waals surface area contributed by atoms with E-state index >= 15 is 0 Å².